The second-order valence-electron chi connectivity index (χ2n) is 6.89. The summed E-state index contributed by atoms with van der Waals surface area (Å²) in [7, 11) is 6.64. The Bertz CT molecular complexity index is 812. The fraction of sp³-hybridized carbons (Fsp3) is 0.476. The Morgan fingerprint density at radius 1 is 1.07 bits per heavy atom. The smallest absolute Gasteiger partial charge is 0.255 e. The molecule has 7 heteroatoms. The number of amides is 1. The van der Waals surface area contributed by atoms with Crippen molar-refractivity contribution < 1.29 is 19.0 Å². The van der Waals surface area contributed by atoms with Gasteiger partial charge in [0.1, 0.15) is 0 Å². The molecule has 1 saturated heterocycles. The van der Waals surface area contributed by atoms with Crippen molar-refractivity contribution in [2.45, 2.75) is 18.9 Å². The summed E-state index contributed by atoms with van der Waals surface area (Å²) in [6, 6.07) is 7.70. The zero-order valence-corrected chi connectivity index (χ0v) is 17.0. The Morgan fingerprint density at radius 3 is 2.36 bits per heavy atom. The van der Waals surface area contributed by atoms with Gasteiger partial charge in [-0.15, -0.1) is 0 Å². The molecule has 1 aromatic heterocycles. The van der Waals surface area contributed by atoms with E-state index in [-0.39, 0.29) is 11.9 Å². The Kier molecular flexibility index (Phi) is 6.46. The molecule has 28 heavy (non-hydrogen) atoms. The summed E-state index contributed by atoms with van der Waals surface area (Å²) in [5.74, 6) is 1.11. The first kappa shape index (κ1) is 20.1. The van der Waals surface area contributed by atoms with E-state index >= 15 is 0 Å². The van der Waals surface area contributed by atoms with Crippen LogP contribution >= 0.6 is 0 Å². The molecule has 1 amide bonds. The molecule has 1 atom stereocenters. The van der Waals surface area contributed by atoms with Crippen molar-refractivity contribution >= 4 is 5.91 Å². The van der Waals surface area contributed by atoms with Crippen LogP contribution in [0.5, 0.6) is 17.2 Å². The summed E-state index contributed by atoms with van der Waals surface area (Å²) in [4.78, 5) is 15.4. The number of ether oxygens (including phenoxy) is 3. The Hall–Kier alpha value is -2.67. The quantitative estimate of drug-likeness (QED) is 0.754. The maximum Gasteiger partial charge on any atom is 0.255 e. The number of methoxy groups -OCH3 is 3. The number of hydrogen-bond donors (Lipinski definition) is 1. The minimum atomic E-state index is -0.198. The number of nitrogens with zero attached hydrogens (tertiary/aromatic N) is 2. The lowest BCUT2D eigenvalue weighted by Crippen LogP contribution is -2.37. The van der Waals surface area contributed by atoms with Gasteiger partial charge in [0.2, 0.25) is 5.75 Å². The number of aromatic nitrogens is 1. The summed E-state index contributed by atoms with van der Waals surface area (Å²) in [5, 5.41) is 3.08. The van der Waals surface area contributed by atoms with Crippen LogP contribution in [0.25, 0.3) is 0 Å². The highest BCUT2D eigenvalue weighted by molar-refractivity contribution is 5.98. The average molecular weight is 387 g/mol. The first-order valence-electron chi connectivity index (χ1n) is 9.53. The van der Waals surface area contributed by atoms with E-state index in [2.05, 4.69) is 20.9 Å². The van der Waals surface area contributed by atoms with Crippen LogP contribution in [0, 0.1) is 0 Å². The van der Waals surface area contributed by atoms with Gasteiger partial charge in [0, 0.05) is 25.5 Å². The molecule has 0 unspecified atom stereocenters. The Morgan fingerprint density at radius 2 is 1.79 bits per heavy atom. The zero-order chi connectivity index (χ0) is 20.1. The average Bonchev–Trinajstić information content (AvgIpc) is 3.39. The van der Waals surface area contributed by atoms with Crippen LogP contribution in [0.3, 0.4) is 0 Å². The highest BCUT2D eigenvalue weighted by Crippen LogP contribution is 2.39. The van der Waals surface area contributed by atoms with Crippen LogP contribution in [0.4, 0.5) is 0 Å². The van der Waals surface area contributed by atoms with Gasteiger partial charge >= 0.3 is 0 Å². The largest absolute Gasteiger partial charge is 0.493 e. The standard InChI is InChI=1S/C21H29N3O4/c1-23-11-7-8-16(23)17(24-12-5-6-13-24)14-22-21(25)15-9-10-18(26-2)20(28-4)19(15)27-3/h7-11,17H,5-6,12-14H2,1-4H3,(H,22,25)/t17-/m0/s1. The van der Waals surface area contributed by atoms with Crippen LogP contribution in [0.15, 0.2) is 30.5 Å². The van der Waals surface area contributed by atoms with E-state index in [9.17, 15) is 4.79 Å². The second kappa shape index (κ2) is 9.01. The molecule has 0 radical (unpaired) electrons. The summed E-state index contributed by atoms with van der Waals surface area (Å²) in [6.45, 7) is 2.62. The van der Waals surface area contributed by atoms with Crippen LogP contribution in [-0.2, 0) is 7.05 Å². The van der Waals surface area contributed by atoms with Crippen LogP contribution in [-0.4, -0.2) is 56.3 Å². The lowest BCUT2D eigenvalue weighted by Gasteiger charge is -2.28. The van der Waals surface area contributed by atoms with Gasteiger partial charge in [-0.25, -0.2) is 0 Å². The molecular weight excluding hydrogens is 358 g/mol. The molecule has 7 nitrogen and oxygen atoms in total. The molecule has 0 bridgehead atoms. The van der Waals surface area contributed by atoms with E-state index in [1.54, 1.807) is 19.2 Å². The number of hydrogen-bond acceptors (Lipinski definition) is 5. The lowest BCUT2D eigenvalue weighted by atomic mass is 10.1. The highest BCUT2D eigenvalue weighted by Gasteiger charge is 2.27. The zero-order valence-electron chi connectivity index (χ0n) is 17.0. The lowest BCUT2D eigenvalue weighted by molar-refractivity contribution is 0.0933. The normalized spacial score (nSPS) is 15.3. The molecule has 1 fully saturated rings. The van der Waals surface area contributed by atoms with Gasteiger partial charge in [-0.2, -0.15) is 0 Å². The van der Waals surface area contributed by atoms with E-state index in [1.807, 2.05) is 19.3 Å². The summed E-state index contributed by atoms with van der Waals surface area (Å²) in [5.41, 5.74) is 1.62. The fourth-order valence-corrected chi connectivity index (χ4v) is 3.86. The maximum absolute atomic E-state index is 13.0. The number of benzene rings is 1. The molecule has 0 spiro atoms. The number of nitrogens with one attached hydrogen (secondary N) is 1. The van der Waals surface area contributed by atoms with E-state index < -0.39 is 0 Å². The van der Waals surface area contributed by atoms with E-state index in [0.29, 0.717) is 29.4 Å². The number of likely N-dealkylation sites (tertiary alicyclic amines) is 1. The molecule has 1 N–H and O–H groups in total. The van der Waals surface area contributed by atoms with Crippen molar-refractivity contribution in [3.63, 3.8) is 0 Å². The molecule has 2 heterocycles. The predicted molar refractivity (Wildman–Crippen MR) is 107 cm³/mol. The van der Waals surface area contributed by atoms with Crippen molar-refractivity contribution in [2.75, 3.05) is 41.0 Å². The minimum Gasteiger partial charge on any atom is -0.493 e. The number of carbonyl (C=O) groups is 1. The topological polar surface area (TPSA) is 65.0 Å². The third-order valence-electron chi connectivity index (χ3n) is 5.31. The van der Waals surface area contributed by atoms with Crippen molar-refractivity contribution in [1.82, 2.24) is 14.8 Å². The third kappa shape index (κ3) is 3.94. The first-order chi connectivity index (χ1) is 13.6. The summed E-state index contributed by atoms with van der Waals surface area (Å²) < 4.78 is 18.2. The van der Waals surface area contributed by atoms with Gasteiger partial charge < -0.3 is 24.1 Å². The highest BCUT2D eigenvalue weighted by atomic mass is 16.5. The monoisotopic (exact) mass is 387 g/mol. The van der Waals surface area contributed by atoms with Gasteiger partial charge in [0.25, 0.3) is 5.91 Å². The Balaban J connectivity index is 1.81. The molecule has 0 aliphatic carbocycles. The van der Waals surface area contributed by atoms with Crippen LogP contribution in [0.2, 0.25) is 0 Å². The molecule has 1 aromatic carbocycles. The summed E-state index contributed by atoms with van der Waals surface area (Å²) in [6.07, 6.45) is 4.42. The van der Waals surface area contributed by atoms with E-state index in [1.165, 1.54) is 32.8 Å². The molecule has 1 aliphatic rings. The van der Waals surface area contributed by atoms with Crippen LogP contribution < -0.4 is 19.5 Å². The van der Waals surface area contributed by atoms with Crippen LogP contribution in [0.1, 0.15) is 34.9 Å². The number of rotatable bonds is 8. The van der Waals surface area contributed by atoms with Gasteiger partial charge in [-0.3, -0.25) is 9.69 Å². The predicted octanol–water partition coefficient (Wildman–Crippen LogP) is 2.62. The van der Waals surface area contributed by atoms with E-state index in [0.717, 1.165) is 13.1 Å². The number of aryl methyl sites for hydroxylation is 1. The van der Waals surface area contributed by atoms with Crippen molar-refractivity contribution in [3.05, 3.63) is 41.7 Å². The second-order valence-corrected chi connectivity index (χ2v) is 6.89. The van der Waals surface area contributed by atoms with Crippen molar-refractivity contribution in [1.29, 1.82) is 0 Å². The van der Waals surface area contributed by atoms with E-state index in [4.69, 9.17) is 14.2 Å². The molecule has 152 valence electrons. The molecular formula is C21H29N3O4. The maximum atomic E-state index is 13.0. The molecule has 2 aromatic rings. The minimum absolute atomic E-state index is 0.137. The Labute approximate surface area is 166 Å². The van der Waals surface area contributed by atoms with Crippen molar-refractivity contribution in [2.24, 2.45) is 7.05 Å². The fourth-order valence-electron chi connectivity index (χ4n) is 3.86. The number of carbonyl (C=O) groups excluding carboxylic acids is 1. The van der Waals surface area contributed by atoms with Crippen molar-refractivity contribution in [3.8, 4) is 17.2 Å². The molecule has 3 rings (SSSR count). The first-order valence-corrected chi connectivity index (χ1v) is 9.53. The SMILES string of the molecule is COc1ccc(C(=O)NC[C@@H](c2cccn2C)N2CCCC2)c(OC)c1OC. The van der Waals surface area contributed by atoms with Gasteiger partial charge in [0.15, 0.2) is 11.5 Å². The molecule has 1 aliphatic heterocycles. The third-order valence-corrected chi connectivity index (χ3v) is 5.31. The van der Waals surface area contributed by atoms with Gasteiger partial charge in [-0.05, 0) is 50.2 Å². The molecule has 0 saturated carbocycles. The summed E-state index contributed by atoms with van der Waals surface area (Å²) >= 11 is 0. The van der Waals surface area contributed by atoms with Gasteiger partial charge in [-0.1, -0.05) is 0 Å². The van der Waals surface area contributed by atoms with Gasteiger partial charge in [0.05, 0.1) is 32.9 Å².